The Morgan fingerprint density at radius 1 is 1.78 bits per heavy atom. The molecule has 0 fully saturated rings. The lowest BCUT2D eigenvalue weighted by Gasteiger charge is -1.97. The highest BCUT2D eigenvalue weighted by Gasteiger charge is 1.96. The maximum Gasteiger partial charge on any atom is 0.323 e. The maximum absolute atomic E-state index is 10.2. The topological polar surface area (TPSA) is 64.6 Å². The molecule has 0 aromatic carbocycles. The van der Waals surface area contributed by atoms with E-state index >= 15 is 0 Å². The Morgan fingerprint density at radius 2 is 2.44 bits per heavy atom. The van der Waals surface area contributed by atoms with Crippen LogP contribution in [0.5, 0.6) is 0 Å². The summed E-state index contributed by atoms with van der Waals surface area (Å²) in [7, 11) is 1.24. The Labute approximate surface area is 51.9 Å². The van der Waals surface area contributed by atoms with E-state index in [1.807, 2.05) is 5.48 Å². The van der Waals surface area contributed by atoms with Gasteiger partial charge in [-0.25, -0.2) is 0 Å². The summed E-state index contributed by atoms with van der Waals surface area (Å²) in [6.45, 7) is 0.0537. The lowest BCUT2D eigenvalue weighted by Crippen LogP contribution is -2.23. The van der Waals surface area contributed by atoms with Crippen LogP contribution in [-0.4, -0.2) is 26.1 Å². The molecule has 0 aromatic rings. The van der Waals surface area contributed by atoms with Gasteiger partial charge in [-0.3, -0.25) is 9.59 Å². The highest BCUT2D eigenvalue weighted by Crippen LogP contribution is 1.67. The molecule has 5 nitrogen and oxygen atoms in total. The predicted octanol–water partition coefficient (Wildman–Crippen LogP) is -1.16. The molecular weight excluding hydrogens is 126 g/mol. The Morgan fingerprint density at radius 3 is 2.89 bits per heavy atom. The summed E-state index contributed by atoms with van der Waals surface area (Å²) in [6, 6.07) is 0. The summed E-state index contributed by atoms with van der Waals surface area (Å²) in [5, 5.41) is 0. The minimum Gasteiger partial charge on any atom is -0.468 e. The Kier molecular flexibility index (Phi) is 4.43. The lowest BCUT2D eigenvalue weighted by molar-refractivity contribution is -0.145. The van der Waals surface area contributed by atoms with Crippen LogP contribution in [0.15, 0.2) is 0 Å². The molecule has 5 heteroatoms. The molecule has 0 aliphatic carbocycles. The number of nitrogens with one attached hydrogen (secondary N) is 1. The van der Waals surface area contributed by atoms with Gasteiger partial charge in [0.1, 0.15) is 6.54 Å². The fourth-order valence-electron chi connectivity index (χ4n) is 0.207. The van der Waals surface area contributed by atoms with Gasteiger partial charge in [0.2, 0.25) is 0 Å². The summed E-state index contributed by atoms with van der Waals surface area (Å²) in [4.78, 5) is 23.6. The SMILES string of the molecule is COC(=O)CNOC=O. The zero-order valence-electron chi connectivity index (χ0n) is 4.92. The van der Waals surface area contributed by atoms with Gasteiger partial charge >= 0.3 is 12.4 Å². The number of hydroxylamine groups is 1. The molecule has 0 saturated heterocycles. The van der Waals surface area contributed by atoms with E-state index < -0.39 is 5.97 Å². The molecule has 0 amide bonds. The van der Waals surface area contributed by atoms with Crippen molar-refractivity contribution in [1.29, 1.82) is 0 Å². The molecule has 0 bridgehead atoms. The fourth-order valence-corrected chi connectivity index (χ4v) is 0.207. The summed E-state index contributed by atoms with van der Waals surface area (Å²) in [5.74, 6) is -0.489. The first-order valence-corrected chi connectivity index (χ1v) is 2.20. The highest BCUT2D eigenvalue weighted by molar-refractivity contribution is 5.71. The van der Waals surface area contributed by atoms with Gasteiger partial charge in [0.15, 0.2) is 0 Å². The quantitative estimate of drug-likeness (QED) is 0.227. The average molecular weight is 133 g/mol. The summed E-state index contributed by atoms with van der Waals surface area (Å²) in [6.07, 6.45) is 0. The first-order valence-electron chi connectivity index (χ1n) is 2.20. The van der Waals surface area contributed by atoms with Crippen molar-refractivity contribution in [3.05, 3.63) is 0 Å². The number of hydrogen-bond donors (Lipinski definition) is 1. The molecule has 0 aromatic heterocycles. The van der Waals surface area contributed by atoms with E-state index in [2.05, 4.69) is 9.57 Å². The number of carbonyl (C=O) groups excluding carboxylic acids is 2. The third kappa shape index (κ3) is 4.76. The monoisotopic (exact) mass is 133 g/mol. The first-order chi connectivity index (χ1) is 4.31. The molecule has 0 radical (unpaired) electrons. The standard InChI is InChI=1S/C4H7NO4/c1-8-4(7)2-5-9-3-6/h3,5H,2H2,1H3. The van der Waals surface area contributed by atoms with Gasteiger partial charge in [-0.2, -0.15) is 0 Å². The average Bonchev–Trinajstić information content (AvgIpc) is 1.89. The third-order valence-electron chi connectivity index (χ3n) is 0.576. The first kappa shape index (κ1) is 7.90. The maximum atomic E-state index is 10.2. The van der Waals surface area contributed by atoms with Crippen molar-refractivity contribution >= 4 is 12.4 Å². The van der Waals surface area contributed by atoms with E-state index in [1.165, 1.54) is 7.11 Å². The van der Waals surface area contributed by atoms with E-state index in [4.69, 9.17) is 0 Å². The van der Waals surface area contributed by atoms with Gasteiger partial charge in [0.05, 0.1) is 7.11 Å². The number of carbonyl (C=O) groups is 2. The van der Waals surface area contributed by atoms with Crippen molar-refractivity contribution in [2.45, 2.75) is 0 Å². The van der Waals surface area contributed by atoms with Crippen molar-refractivity contribution in [2.24, 2.45) is 0 Å². The minimum absolute atomic E-state index is 0.130. The van der Waals surface area contributed by atoms with Crippen LogP contribution >= 0.6 is 0 Å². The molecule has 52 valence electrons. The normalized spacial score (nSPS) is 8.11. The Hall–Kier alpha value is -1.10. The van der Waals surface area contributed by atoms with E-state index in [9.17, 15) is 9.59 Å². The van der Waals surface area contributed by atoms with Crippen LogP contribution in [-0.2, 0) is 19.2 Å². The second kappa shape index (κ2) is 5.04. The van der Waals surface area contributed by atoms with E-state index in [0.717, 1.165) is 0 Å². The molecule has 0 aliphatic heterocycles. The number of ether oxygens (including phenoxy) is 1. The number of esters is 1. The van der Waals surface area contributed by atoms with Gasteiger partial charge in [-0.05, 0) is 0 Å². The van der Waals surface area contributed by atoms with E-state index in [1.54, 1.807) is 0 Å². The molecule has 9 heavy (non-hydrogen) atoms. The number of methoxy groups -OCH3 is 1. The van der Waals surface area contributed by atoms with Gasteiger partial charge in [0, 0.05) is 0 Å². The molecular formula is C4H7NO4. The van der Waals surface area contributed by atoms with Gasteiger partial charge in [-0.1, -0.05) is 0 Å². The second-order valence-electron chi connectivity index (χ2n) is 1.11. The van der Waals surface area contributed by atoms with E-state index in [0.29, 0.717) is 0 Å². The Balaban J connectivity index is 3.06. The largest absolute Gasteiger partial charge is 0.468 e. The highest BCUT2D eigenvalue weighted by atomic mass is 16.7. The van der Waals surface area contributed by atoms with E-state index in [-0.39, 0.29) is 13.0 Å². The van der Waals surface area contributed by atoms with Gasteiger partial charge in [0.25, 0.3) is 0 Å². The Bertz CT molecular complexity index is 103. The lowest BCUT2D eigenvalue weighted by atomic mass is 10.7. The fraction of sp³-hybridized carbons (Fsp3) is 0.500. The summed E-state index contributed by atoms with van der Waals surface area (Å²) < 4.78 is 4.20. The molecule has 0 saturated carbocycles. The molecule has 1 N–H and O–H groups in total. The van der Waals surface area contributed by atoms with Crippen LogP contribution in [0.3, 0.4) is 0 Å². The van der Waals surface area contributed by atoms with Gasteiger partial charge in [-0.15, -0.1) is 5.48 Å². The van der Waals surface area contributed by atoms with Crippen LogP contribution in [0, 0.1) is 0 Å². The van der Waals surface area contributed by atoms with Crippen LogP contribution in [0.25, 0.3) is 0 Å². The van der Waals surface area contributed by atoms with Crippen molar-refractivity contribution in [2.75, 3.05) is 13.7 Å². The van der Waals surface area contributed by atoms with Gasteiger partial charge < -0.3 is 9.57 Å². The predicted molar refractivity (Wildman–Crippen MR) is 27.2 cm³/mol. The zero-order chi connectivity index (χ0) is 7.11. The van der Waals surface area contributed by atoms with Crippen LogP contribution in [0.2, 0.25) is 0 Å². The minimum atomic E-state index is -0.489. The van der Waals surface area contributed by atoms with Crippen molar-refractivity contribution < 1.29 is 19.2 Å². The van der Waals surface area contributed by atoms with Crippen molar-refractivity contribution in [3.63, 3.8) is 0 Å². The molecule has 0 heterocycles. The molecule has 0 spiro atoms. The molecule has 0 atom stereocenters. The zero-order valence-corrected chi connectivity index (χ0v) is 4.92. The number of rotatable bonds is 4. The smallest absolute Gasteiger partial charge is 0.323 e. The summed E-state index contributed by atoms with van der Waals surface area (Å²) in [5.41, 5.74) is 2.04. The second-order valence-corrected chi connectivity index (χ2v) is 1.11. The van der Waals surface area contributed by atoms with Crippen molar-refractivity contribution in [1.82, 2.24) is 5.48 Å². The van der Waals surface area contributed by atoms with Crippen LogP contribution in [0.4, 0.5) is 0 Å². The van der Waals surface area contributed by atoms with Crippen LogP contribution < -0.4 is 5.48 Å². The van der Waals surface area contributed by atoms with Crippen LogP contribution in [0.1, 0.15) is 0 Å². The number of hydrogen-bond acceptors (Lipinski definition) is 5. The molecule has 0 aliphatic rings. The molecule has 0 unspecified atom stereocenters. The third-order valence-corrected chi connectivity index (χ3v) is 0.576. The van der Waals surface area contributed by atoms with Crippen molar-refractivity contribution in [3.8, 4) is 0 Å². The summed E-state index contributed by atoms with van der Waals surface area (Å²) >= 11 is 0. The molecule has 0 rings (SSSR count).